The minimum absolute atomic E-state index is 0.204. The number of carbonyl (C=O) groups excluding carboxylic acids is 1. The average Bonchev–Trinajstić information content (AvgIpc) is 3.34. The summed E-state index contributed by atoms with van der Waals surface area (Å²) in [6.07, 6.45) is 5.37. The number of guanidine groups is 1. The minimum Gasteiger partial charge on any atom is -0.357 e. The number of nitrogens with zero attached hydrogens (tertiary/aromatic N) is 2. The van der Waals surface area contributed by atoms with Crippen molar-refractivity contribution in [1.29, 1.82) is 0 Å². The third-order valence-corrected chi connectivity index (χ3v) is 5.94. The Morgan fingerprint density at radius 1 is 1.33 bits per heavy atom. The second-order valence-corrected chi connectivity index (χ2v) is 8.19. The summed E-state index contributed by atoms with van der Waals surface area (Å²) < 4.78 is 14.1. The molecule has 0 spiro atoms. The molecule has 7 heteroatoms. The van der Waals surface area contributed by atoms with Crippen molar-refractivity contribution in [3.8, 4) is 0 Å². The molecular formula is C20H28BrFN4O. The molecule has 1 atom stereocenters. The van der Waals surface area contributed by atoms with E-state index in [-0.39, 0.29) is 17.8 Å². The molecule has 1 saturated heterocycles. The molecule has 1 aromatic carbocycles. The number of nitrogens with one attached hydrogen (secondary N) is 2. The van der Waals surface area contributed by atoms with E-state index in [9.17, 15) is 9.18 Å². The number of likely N-dealkylation sites (tertiary alicyclic amines) is 1. The fourth-order valence-corrected chi connectivity index (χ4v) is 4.08. The molecular weight excluding hydrogens is 411 g/mol. The Morgan fingerprint density at radius 3 is 2.81 bits per heavy atom. The van der Waals surface area contributed by atoms with Gasteiger partial charge in [-0.2, -0.15) is 0 Å². The molecule has 1 aliphatic heterocycles. The Labute approximate surface area is 168 Å². The van der Waals surface area contributed by atoms with Crippen LogP contribution in [-0.2, 0) is 11.3 Å². The summed E-state index contributed by atoms with van der Waals surface area (Å²) in [6, 6.07) is 5.26. The molecule has 3 rings (SSSR count). The Kier molecular flexibility index (Phi) is 7.10. The van der Waals surface area contributed by atoms with Gasteiger partial charge in [0, 0.05) is 31.6 Å². The molecule has 148 valence electrons. The van der Waals surface area contributed by atoms with E-state index in [1.165, 1.54) is 18.9 Å². The van der Waals surface area contributed by atoms with Gasteiger partial charge in [-0.15, -0.1) is 0 Å². The number of benzene rings is 1. The van der Waals surface area contributed by atoms with Crippen molar-refractivity contribution in [3.05, 3.63) is 34.1 Å². The van der Waals surface area contributed by atoms with Crippen LogP contribution in [0, 0.1) is 11.7 Å². The molecule has 1 amide bonds. The number of hydrogen-bond donors (Lipinski definition) is 2. The highest BCUT2D eigenvalue weighted by Crippen LogP contribution is 2.27. The molecule has 27 heavy (non-hydrogen) atoms. The highest BCUT2D eigenvalue weighted by molar-refractivity contribution is 9.10. The zero-order chi connectivity index (χ0) is 19.2. The van der Waals surface area contributed by atoms with Gasteiger partial charge in [0.1, 0.15) is 5.82 Å². The molecule has 0 bridgehead atoms. The first-order valence-electron chi connectivity index (χ1n) is 9.84. The SMILES string of the molecule is CCNC(=NCc1ccc(Br)c(F)c1)NC1CCN(C(=O)C2CCCC2)C1. The molecule has 0 radical (unpaired) electrons. The monoisotopic (exact) mass is 438 g/mol. The number of halogens is 2. The van der Waals surface area contributed by atoms with Crippen molar-refractivity contribution in [2.75, 3.05) is 19.6 Å². The summed E-state index contributed by atoms with van der Waals surface area (Å²) in [5.74, 6) is 0.987. The van der Waals surface area contributed by atoms with Crippen molar-refractivity contribution in [2.24, 2.45) is 10.9 Å². The van der Waals surface area contributed by atoms with Crippen molar-refractivity contribution in [1.82, 2.24) is 15.5 Å². The first-order valence-corrected chi connectivity index (χ1v) is 10.6. The van der Waals surface area contributed by atoms with Crippen LogP contribution < -0.4 is 10.6 Å². The van der Waals surface area contributed by atoms with Crippen LogP contribution in [0.25, 0.3) is 0 Å². The normalized spacial score (nSPS) is 20.9. The fraction of sp³-hybridized carbons (Fsp3) is 0.600. The molecule has 0 aromatic heterocycles. The van der Waals surface area contributed by atoms with Crippen LogP contribution in [0.3, 0.4) is 0 Å². The van der Waals surface area contributed by atoms with E-state index in [4.69, 9.17) is 0 Å². The maximum Gasteiger partial charge on any atom is 0.225 e. The predicted octanol–water partition coefficient (Wildman–Crippen LogP) is 3.43. The summed E-state index contributed by atoms with van der Waals surface area (Å²) in [5, 5.41) is 6.67. The van der Waals surface area contributed by atoms with Gasteiger partial charge in [0.25, 0.3) is 0 Å². The van der Waals surface area contributed by atoms with Gasteiger partial charge >= 0.3 is 0 Å². The highest BCUT2D eigenvalue weighted by Gasteiger charge is 2.32. The zero-order valence-corrected chi connectivity index (χ0v) is 17.4. The highest BCUT2D eigenvalue weighted by atomic mass is 79.9. The summed E-state index contributed by atoms with van der Waals surface area (Å²) in [5.41, 5.74) is 0.817. The van der Waals surface area contributed by atoms with Gasteiger partial charge in [0.05, 0.1) is 11.0 Å². The van der Waals surface area contributed by atoms with Crippen LogP contribution in [0.5, 0.6) is 0 Å². The molecule has 1 aromatic rings. The van der Waals surface area contributed by atoms with Crippen molar-refractivity contribution < 1.29 is 9.18 Å². The molecule has 5 nitrogen and oxygen atoms in total. The third kappa shape index (κ3) is 5.43. The lowest BCUT2D eigenvalue weighted by Gasteiger charge is -2.21. The molecule has 1 heterocycles. The maximum absolute atomic E-state index is 13.7. The predicted molar refractivity (Wildman–Crippen MR) is 109 cm³/mol. The smallest absolute Gasteiger partial charge is 0.225 e. The lowest BCUT2D eigenvalue weighted by atomic mass is 10.1. The van der Waals surface area contributed by atoms with E-state index in [0.29, 0.717) is 22.9 Å². The van der Waals surface area contributed by atoms with E-state index < -0.39 is 0 Å². The van der Waals surface area contributed by atoms with Crippen molar-refractivity contribution in [2.45, 2.75) is 51.6 Å². The van der Waals surface area contributed by atoms with Crippen molar-refractivity contribution >= 4 is 27.8 Å². The Hall–Kier alpha value is -1.63. The summed E-state index contributed by atoms with van der Waals surface area (Å²) in [4.78, 5) is 19.2. The minimum atomic E-state index is -0.280. The van der Waals surface area contributed by atoms with Gasteiger partial charge in [-0.1, -0.05) is 18.9 Å². The second kappa shape index (κ2) is 9.53. The van der Waals surface area contributed by atoms with Crippen LogP contribution in [0.15, 0.2) is 27.7 Å². The van der Waals surface area contributed by atoms with E-state index >= 15 is 0 Å². The van der Waals surface area contributed by atoms with Crippen LogP contribution in [0.1, 0.15) is 44.6 Å². The molecule has 2 fully saturated rings. The van der Waals surface area contributed by atoms with Gasteiger partial charge < -0.3 is 15.5 Å². The molecule has 1 unspecified atom stereocenters. The fourth-order valence-electron chi connectivity index (χ4n) is 3.83. The number of rotatable bonds is 5. The van der Waals surface area contributed by atoms with Crippen LogP contribution in [-0.4, -0.2) is 42.4 Å². The third-order valence-electron chi connectivity index (χ3n) is 5.29. The van der Waals surface area contributed by atoms with Gasteiger partial charge in [-0.25, -0.2) is 9.38 Å². The van der Waals surface area contributed by atoms with Crippen LogP contribution in [0.4, 0.5) is 4.39 Å². The quantitative estimate of drug-likeness (QED) is 0.546. The summed E-state index contributed by atoms with van der Waals surface area (Å²) in [6.45, 7) is 4.70. The molecule has 2 N–H and O–H groups in total. The lowest BCUT2D eigenvalue weighted by molar-refractivity contribution is -0.134. The molecule has 2 aliphatic rings. The Morgan fingerprint density at radius 2 is 2.11 bits per heavy atom. The molecule has 1 saturated carbocycles. The first-order chi connectivity index (χ1) is 13.1. The standard InChI is InChI=1S/C20H28BrFN4O/c1-2-23-20(24-12-14-7-8-17(21)18(22)11-14)25-16-9-10-26(13-16)19(27)15-5-3-4-6-15/h7-8,11,15-16H,2-6,9-10,12-13H2,1H3,(H2,23,24,25). The van der Waals surface area contributed by atoms with Gasteiger partial charge in [0.15, 0.2) is 5.96 Å². The Bertz CT molecular complexity index is 691. The summed E-state index contributed by atoms with van der Waals surface area (Å²) in [7, 11) is 0. The summed E-state index contributed by atoms with van der Waals surface area (Å²) >= 11 is 3.17. The number of hydrogen-bond acceptors (Lipinski definition) is 2. The Balaban J connectivity index is 1.55. The number of carbonyl (C=O) groups is 1. The lowest BCUT2D eigenvalue weighted by Crippen LogP contribution is -2.45. The van der Waals surface area contributed by atoms with Crippen LogP contribution in [0.2, 0.25) is 0 Å². The molecule has 1 aliphatic carbocycles. The van der Waals surface area contributed by atoms with Crippen LogP contribution >= 0.6 is 15.9 Å². The van der Waals surface area contributed by atoms with Gasteiger partial charge in [-0.3, -0.25) is 4.79 Å². The first kappa shape index (κ1) is 20.1. The maximum atomic E-state index is 13.7. The average molecular weight is 439 g/mol. The second-order valence-electron chi connectivity index (χ2n) is 7.34. The van der Waals surface area contributed by atoms with E-state index in [2.05, 4.69) is 31.6 Å². The van der Waals surface area contributed by atoms with E-state index in [0.717, 1.165) is 44.5 Å². The van der Waals surface area contributed by atoms with Crippen molar-refractivity contribution in [3.63, 3.8) is 0 Å². The van der Waals surface area contributed by atoms with E-state index in [1.807, 2.05) is 17.9 Å². The zero-order valence-electron chi connectivity index (χ0n) is 15.8. The largest absolute Gasteiger partial charge is 0.357 e. The van der Waals surface area contributed by atoms with Gasteiger partial charge in [-0.05, 0) is 59.8 Å². The number of amides is 1. The van der Waals surface area contributed by atoms with E-state index in [1.54, 1.807) is 6.07 Å². The number of aliphatic imine (C=N–C) groups is 1. The topological polar surface area (TPSA) is 56.7 Å². The van der Waals surface area contributed by atoms with Gasteiger partial charge in [0.2, 0.25) is 5.91 Å².